The first kappa shape index (κ1) is 16.4. The fraction of sp³-hybridized carbons (Fsp3) is 0. The van der Waals surface area contributed by atoms with Gasteiger partial charge in [-0.3, -0.25) is 9.71 Å². The Hall–Kier alpha value is -2.45. The highest BCUT2D eigenvalue weighted by atomic mass is 79.9. The van der Waals surface area contributed by atoms with E-state index in [4.69, 9.17) is 0 Å². The Morgan fingerprint density at radius 2 is 1.88 bits per heavy atom. The number of aromatic nitrogens is 1. The molecule has 1 aromatic heterocycles. The van der Waals surface area contributed by atoms with Gasteiger partial charge in [0.2, 0.25) is 0 Å². The lowest BCUT2D eigenvalue weighted by atomic mass is 10.2. The summed E-state index contributed by atoms with van der Waals surface area (Å²) in [5.41, 5.74) is 0.154. The van der Waals surface area contributed by atoms with Crippen LogP contribution in [-0.4, -0.2) is 24.5 Å². The van der Waals surface area contributed by atoms with Crippen LogP contribution in [0, 0.1) is 0 Å². The zero-order valence-electron chi connectivity index (χ0n) is 12.1. The van der Waals surface area contributed by atoms with E-state index >= 15 is 0 Å². The quantitative estimate of drug-likeness (QED) is 0.690. The number of aromatic carboxylic acids is 1. The smallest absolute Gasteiger partial charge is 0.337 e. The molecule has 24 heavy (non-hydrogen) atoms. The van der Waals surface area contributed by atoms with Gasteiger partial charge in [-0.1, -0.05) is 34.1 Å². The Balaban J connectivity index is 2.11. The largest absolute Gasteiger partial charge is 0.478 e. The molecule has 3 rings (SSSR count). The number of anilines is 1. The van der Waals surface area contributed by atoms with Gasteiger partial charge in [0.1, 0.15) is 4.90 Å². The van der Waals surface area contributed by atoms with Crippen molar-refractivity contribution < 1.29 is 18.3 Å². The molecule has 0 radical (unpaired) electrons. The van der Waals surface area contributed by atoms with Crippen LogP contribution in [0.2, 0.25) is 0 Å². The van der Waals surface area contributed by atoms with Gasteiger partial charge in [-0.2, -0.15) is 0 Å². The number of nitrogens with one attached hydrogen (secondary N) is 1. The van der Waals surface area contributed by atoms with Crippen molar-refractivity contribution in [1.82, 2.24) is 4.98 Å². The molecule has 0 aliphatic heterocycles. The van der Waals surface area contributed by atoms with Gasteiger partial charge in [0, 0.05) is 16.1 Å². The Labute approximate surface area is 146 Å². The molecule has 0 saturated heterocycles. The molecule has 0 aliphatic carbocycles. The van der Waals surface area contributed by atoms with Gasteiger partial charge in [0.15, 0.2) is 0 Å². The van der Waals surface area contributed by atoms with Crippen molar-refractivity contribution in [2.45, 2.75) is 4.90 Å². The number of carboxylic acid groups (broad SMARTS) is 1. The Bertz CT molecular complexity index is 1050. The number of halogens is 1. The van der Waals surface area contributed by atoms with Gasteiger partial charge >= 0.3 is 5.97 Å². The second kappa shape index (κ2) is 6.21. The third-order valence-electron chi connectivity index (χ3n) is 3.34. The molecule has 0 aliphatic rings. The highest BCUT2D eigenvalue weighted by Gasteiger charge is 2.21. The van der Waals surface area contributed by atoms with Crippen molar-refractivity contribution >= 4 is 48.5 Å². The second-order valence-corrected chi connectivity index (χ2v) is 7.50. The first-order chi connectivity index (χ1) is 11.4. The van der Waals surface area contributed by atoms with Crippen molar-refractivity contribution in [2.24, 2.45) is 0 Å². The minimum atomic E-state index is -4.00. The number of carboxylic acids is 1. The van der Waals surface area contributed by atoms with E-state index in [9.17, 15) is 18.3 Å². The summed E-state index contributed by atoms with van der Waals surface area (Å²) in [6.45, 7) is 0. The maximum atomic E-state index is 12.7. The summed E-state index contributed by atoms with van der Waals surface area (Å²) in [5, 5.41) is 9.94. The van der Waals surface area contributed by atoms with Crippen LogP contribution in [0.1, 0.15) is 10.4 Å². The normalized spacial score (nSPS) is 11.4. The fourth-order valence-electron chi connectivity index (χ4n) is 2.28. The SMILES string of the molecule is O=C(O)c1cc(Br)ccc1NS(=O)(=O)c1cccc2cccnc12. The number of sulfonamides is 1. The molecular weight excluding hydrogens is 396 g/mol. The number of rotatable bonds is 4. The molecule has 0 fully saturated rings. The van der Waals surface area contributed by atoms with E-state index in [1.807, 2.05) is 0 Å². The standard InChI is InChI=1S/C16H11BrN2O4S/c17-11-6-7-13(12(9-11)16(20)21)19-24(22,23)14-5-1-3-10-4-2-8-18-15(10)14/h1-9,19H,(H,20,21). The Morgan fingerprint density at radius 1 is 1.12 bits per heavy atom. The summed E-state index contributed by atoms with van der Waals surface area (Å²) in [4.78, 5) is 15.4. The lowest BCUT2D eigenvalue weighted by molar-refractivity contribution is 0.0698. The van der Waals surface area contributed by atoms with E-state index in [2.05, 4.69) is 25.6 Å². The second-order valence-electron chi connectivity index (χ2n) is 4.93. The van der Waals surface area contributed by atoms with E-state index in [0.717, 1.165) is 0 Å². The summed E-state index contributed by atoms with van der Waals surface area (Å²) in [6, 6.07) is 12.5. The number of hydrogen-bond acceptors (Lipinski definition) is 4. The highest BCUT2D eigenvalue weighted by molar-refractivity contribution is 9.10. The molecule has 122 valence electrons. The third kappa shape index (κ3) is 3.10. The van der Waals surface area contributed by atoms with Crippen molar-refractivity contribution in [2.75, 3.05) is 4.72 Å². The molecule has 0 saturated carbocycles. The number of carbonyl (C=O) groups is 1. The number of fused-ring (bicyclic) bond motifs is 1. The van der Waals surface area contributed by atoms with E-state index in [1.54, 1.807) is 30.3 Å². The number of benzene rings is 2. The summed E-state index contributed by atoms with van der Waals surface area (Å²) in [7, 11) is -4.00. The van der Waals surface area contributed by atoms with Gasteiger partial charge in [0.05, 0.1) is 16.8 Å². The number of para-hydroxylation sites is 1. The zero-order chi connectivity index (χ0) is 17.3. The summed E-state index contributed by atoms with van der Waals surface area (Å²) >= 11 is 3.17. The average Bonchev–Trinajstić information content (AvgIpc) is 2.55. The van der Waals surface area contributed by atoms with Gasteiger partial charge in [-0.05, 0) is 30.3 Å². The number of pyridine rings is 1. The van der Waals surface area contributed by atoms with E-state index < -0.39 is 16.0 Å². The summed E-state index contributed by atoms with van der Waals surface area (Å²) < 4.78 is 28.3. The van der Waals surface area contributed by atoms with Crippen LogP contribution in [0.25, 0.3) is 10.9 Å². The van der Waals surface area contributed by atoms with Crippen LogP contribution >= 0.6 is 15.9 Å². The number of hydrogen-bond donors (Lipinski definition) is 2. The molecule has 0 spiro atoms. The van der Waals surface area contributed by atoms with Crippen LogP contribution in [0.3, 0.4) is 0 Å². The zero-order valence-corrected chi connectivity index (χ0v) is 14.5. The highest BCUT2D eigenvalue weighted by Crippen LogP contribution is 2.26. The van der Waals surface area contributed by atoms with Gasteiger partial charge in [-0.25, -0.2) is 13.2 Å². The van der Waals surface area contributed by atoms with Crippen LogP contribution in [-0.2, 0) is 10.0 Å². The molecule has 2 aromatic carbocycles. The van der Waals surface area contributed by atoms with Crippen molar-refractivity contribution in [3.05, 3.63) is 64.8 Å². The fourth-order valence-corrected chi connectivity index (χ4v) is 3.90. The van der Waals surface area contributed by atoms with Crippen LogP contribution in [0.4, 0.5) is 5.69 Å². The minimum absolute atomic E-state index is 0.0140. The van der Waals surface area contributed by atoms with E-state index in [0.29, 0.717) is 15.4 Å². The molecule has 2 N–H and O–H groups in total. The Morgan fingerprint density at radius 3 is 2.62 bits per heavy atom. The lowest BCUT2D eigenvalue weighted by Crippen LogP contribution is -2.16. The third-order valence-corrected chi connectivity index (χ3v) is 5.23. The molecule has 3 aromatic rings. The minimum Gasteiger partial charge on any atom is -0.478 e. The first-order valence-corrected chi connectivity index (χ1v) is 9.05. The molecule has 1 heterocycles. The maximum absolute atomic E-state index is 12.7. The topological polar surface area (TPSA) is 96.4 Å². The summed E-state index contributed by atoms with van der Waals surface area (Å²) in [5.74, 6) is -1.23. The molecule has 8 heteroatoms. The van der Waals surface area contributed by atoms with Gasteiger partial charge in [-0.15, -0.1) is 0 Å². The maximum Gasteiger partial charge on any atom is 0.337 e. The molecular formula is C16H11BrN2O4S. The van der Waals surface area contributed by atoms with Crippen LogP contribution < -0.4 is 4.72 Å². The van der Waals surface area contributed by atoms with E-state index in [1.165, 1.54) is 24.4 Å². The molecule has 0 unspecified atom stereocenters. The van der Waals surface area contributed by atoms with Crippen LogP contribution in [0.15, 0.2) is 64.1 Å². The predicted octanol–water partition coefficient (Wildman–Crippen LogP) is 3.50. The monoisotopic (exact) mass is 406 g/mol. The van der Waals surface area contributed by atoms with Gasteiger partial charge < -0.3 is 5.11 Å². The van der Waals surface area contributed by atoms with Crippen molar-refractivity contribution in [3.63, 3.8) is 0 Å². The summed E-state index contributed by atoms with van der Waals surface area (Å²) in [6.07, 6.45) is 1.50. The Kier molecular flexibility index (Phi) is 4.25. The van der Waals surface area contributed by atoms with Gasteiger partial charge in [0.25, 0.3) is 10.0 Å². The molecule has 6 nitrogen and oxygen atoms in total. The molecule has 0 bridgehead atoms. The predicted molar refractivity (Wildman–Crippen MR) is 93.7 cm³/mol. The number of nitrogens with zero attached hydrogens (tertiary/aromatic N) is 1. The molecule has 0 amide bonds. The first-order valence-electron chi connectivity index (χ1n) is 6.78. The van der Waals surface area contributed by atoms with Crippen molar-refractivity contribution in [1.29, 1.82) is 0 Å². The molecule has 0 atom stereocenters. The van der Waals surface area contributed by atoms with Crippen LogP contribution in [0.5, 0.6) is 0 Å². The lowest BCUT2D eigenvalue weighted by Gasteiger charge is -2.12. The average molecular weight is 407 g/mol. The van der Waals surface area contributed by atoms with E-state index in [-0.39, 0.29) is 16.1 Å². The van der Waals surface area contributed by atoms with Crippen molar-refractivity contribution in [3.8, 4) is 0 Å².